The molecule has 5 nitrogen and oxygen atoms in total. The summed E-state index contributed by atoms with van der Waals surface area (Å²) in [6, 6.07) is 5.26. The Hall–Kier alpha value is -1.30. The molecule has 1 rings (SSSR count). The fourth-order valence-electron chi connectivity index (χ4n) is 1.80. The largest absolute Gasteiger partial charge is 0.480 e. The zero-order valence-corrected chi connectivity index (χ0v) is 13.6. The normalized spacial score (nSPS) is 10.1. The van der Waals surface area contributed by atoms with Gasteiger partial charge in [-0.15, -0.1) is 12.4 Å². The van der Waals surface area contributed by atoms with Crippen LogP contribution < -0.4 is 5.32 Å². The van der Waals surface area contributed by atoms with Crippen LogP contribution in [-0.2, 0) is 9.59 Å². The number of hydrogen-bond acceptors (Lipinski definition) is 3. The highest BCUT2D eigenvalue weighted by atomic mass is 35.5. The minimum absolute atomic E-state index is 0. The maximum Gasteiger partial charge on any atom is 0.317 e. The number of aliphatic carboxylic acids is 1. The highest BCUT2D eigenvalue weighted by Crippen LogP contribution is 2.19. The van der Waals surface area contributed by atoms with Gasteiger partial charge in [-0.2, -0.15) is 0 Å². The van der Waals surface area contributed by atoms with E-state index in [2.05, 4.69) is 5.32 Å². The molecule has 7 heteroatoms. The summed E-state index contributed by atoms with van der Waals surface area (Å²) in [5, 5.41) is 12.1. The average Bonchev–Trinajstić information content (AvgIpc) is 2.33. The molecule has 21 heavy (non-hydrogen) atoms. The van der Waals surface area contributed by atoms with Crippen LogP contribution in [0.2, 0.25) is 5.02 Å². The van der Waals surface area contributed by atoms with E-state index in [1.54, 1.807) is 17.0 Å². The molecule has 0 saturated carbocycles. The van der Waals surface area contributed by atoms with E-state index in [9.17, 15) is 9.59 Å². The second-order valence-corrected chi connectivity index (χ2v) is 5.02. The second kappa shape index (κ2) is 9.60. The lowest BCUT2D eigenvalue weighted by atomic mass is 10.2. The smallest absolute Gasteiger partial charge is 0.317 e. The molecule has 1 aromatic rings. The van der Waals surface area contributed by atoms with E-state index in [0.29, 0.717) is 17.3 Å². The van der Waals surface area contributed by atoms with E-state index >= 15 is 0 Å². The van der Waals surface area contributed by atoms with E-state index in [-0.39, 0.29) is 31.4 Å². The zero-order chi connectivity index (χ0) is 15.1. The van der Waals surface area contributed by atoms with Crippen LogP contribution in [0.1, 0.15) is 18.9 Å². The number of halogens is 2. The number of carboxylic acid groups (broad SMARTS) is 1. The van der Waals surface area contributed by atoms with Crippen molar-refractivity contribution in [2.24, 2.45) is 0 Å². The van der Waals surface area contributed by atoms with Crippen LogP contribution in [0, 0.1) is 6.92 Å². The molecule has 0 saturated heterocycles. The number of carbonyl (C=O) groups excluding carboxylic acids is 1. The van der Waals surface area contributed by atoms with Gasteiger partial charge < -0.3 is 10.4 Å². The predicted molar refractivity (Wildman–Crippen MR) is 86.4 cm³/mol. The Morgan fingerprint density at radius 1 is 1.33 bits per heavy atom. The summed E-state index contributed by atoms with van der Waals surface area (Å²) in [4.78, 5) is 24.2. The lowest BCUT2D eigenvalue weighted by Crippen LogP contribution is -2.37. The van der Waals surface area contributed by atoms with Gasteiger partial charge in [0.2, 0.25) is 5.91 Å². The molecule has 0 bridgehead atoms. The molecule has 1 amide bonds. The van der Waals surface area contributed by atoms with Gasteiger partial charge in [-0.3, -0.25) is 14.5 Å². The second-order valence-electron chi connectivity index (χ2n) is 4.62. The number of hydrogen-bond donors (Lipinski definition) is 2. The number of nitrogens with zero attached hydrogens (tertiary/aromatic N) is 1. The van der Waals surface area contributed by atoms with Crippen LogP contribution in [0.5, 0.6) is 0 Å². The summed E-state index contributed by atoms with van der Waals surface area (Å²) in [5.74, 6) is -1.19. The van der Waals surface area contributed by atoms with Crippen LogP contribution in [0.25, 0.3) is 0 Å². The van der Waals surface area contributed by atoms with E-state index < -0.39 is 5.97 Å². The summed E-state index contributed by atoms with van der Waals surface area (Å²) in [7, 11) is 0. The third-order valence-electron chi connectivity index (χ3n) is 2.72. The lowest BCUT2D eigenvalue weighted by molar-refractivity contribution is -0.138. The Labute approximate surface area is 135 Å². The minimum Gasteiger partial charge on any atom is -0.480 e. The fourth-order valence-corrected chi connectivity index (χ4v) is 1.98. The van der Waals surface area contributed by atoms with Gasteiger partial charge in [-0.25, -0.2) is 0 Å². The van der Waals surface area contributed by atoms with Crippen molar-refractivity contribution in [3.8, 4) is 0 Å². The number of anilines is 1. The number of carboxylic acids is 1. The Morgan fingerprint density at radius 3 is 2.52 bits per heavy atom. The molecule has 0 spiro atoms. The predicted octanol–water partition coefficient (Wildman–Crippen LogP) is 2.81. The first-order valence-corrected chi connectivity index (χ1v) is 6.80. The molecule has 118 valence electrons. The van der Waals surface area contributed by atoms with Crippen molar-refractivity contribution in [3.63, 3.8) is 0 Å². The fraction of sp³-hybridized carbons (Fsp3) is 0.429. The van der Waals surface area contributed by atoms with Crippen LogP contribution >= 0.6 is 24.0 Å². The van der Waals surface area contributed by atoms with Crippen molar-refractivity contribution in [2.75, 3.05) is 25.0 Å². The monoisotopic (exact) mass is 334 g/mol. The molecule has 0 aliphatic rings. The van der Waals surface area contributed by atoms with Gasteiger partial charge in [0.25, 0.3) is 0 Å². The van der Waals surface area contributed by atoms with Gasteiger partial charge in [-0.05, 0) is 37.6 Å². The number of amides is 1. The molecule has 0 fully saturated rings. The first-order valence-electron chi connectivity index (χ1n) is 6.42. The van der Waals surface area contributed by atoms with Crippen LogP contribution in [0.4, 0.5) is 5.69 Å². The molecule has 0 heterocycles. The number of aryl methyl sites for hydroxylation is 1. The van der Waals surface area contributed by atoms with Crippen molar-refractivity contribution in [1.82, 2.24) is 4.90 Å². The molecule has 0 atom stereocenters. The summed E-state index contributed by atoms with van der Waals surface area (Å²) < 4.78 is 0. The number of benzene rings is 1. The quantitative estimate of drug-likeness (QED) is 0.804. The van der Waals surface area contributed by atoms with Crippen molar-refractivity contribution in [3.05, 3.63) is 28.8 Å². The highest BCUT2D eigenvalue weighted by molar-refractivity contribution is 6.31. The lowest BCUT2D eigenvalue weighted by Gasteiger charge is -2.18. The third kappa shape index (κ3) is 7.32. The average molecular weight is 335 g/mol. The third-order valence-corrected chi connectivity index (χ3v) is 3.13. The topological polar surface area (TPSA) is 69.6 Å². The van der Waals surface area contributed by atoms with Gasteiger partial charge in [-0.1, -0.05) is 24.6 Å². The molecule has 0 unspecified atom stereocenters. The van der Waals surface area contributed by atoms with E-state index in [1.807, 2.05) is 19.9 Å². The highest BCUT2D eigenvalue weighted by Gasteiger charge is 2.13. The standard InChI is InChI=1S/C14H19ClN2O3.ClH/c1-3-6-17(9-14(19)20)8-13(18)16-11-5-4-10(2)12(15)7-11;/h4-5,7H,3,6,8-9H2,1-2H3,(H,16,18)(H,19,20);1H. The molecule has 0 aromatic heterocycles. The maximum absolute atomic E-state index is 11.9. The van der Waals surface area contributed by atoms with Crippen LogP contribution in [-0.4, -0.2) is 41.5 Å². The van der Waals surface area contributed by atoms with Crippen molar-refractivity contribution in [1.29, 1.82) is 0 Å². The van der Waals surface area contributed by atoms with Gasteiger partial charge in [0.1, 0.15) is 0 Å². The zero-order valence-electron chi connectivity index (χ0n) is 12.1. The van der Waals surface area contributed by atoms with Crippen molar-refractivity contribution < 1.29 is 14.7 Å². The Morgan fingerprint density at radius 2 is 2.00 bits per heavy atom. The summed E-state index contributed by atoms with van der Waals surface area (Å²) >= 11 is 5.98. The van der Waals surface area contributed by atoms with E-state index in [0.717, 1.165) is 12.0 Å². The number of rotatable bonds is 7. The van der Waals surface area contributed by atoms with Crippen molar-refractivity contribution >= 4 is 41.6 Å². The minimum atomic E-state index is -0.940. The van der Waals surface area contributed by atoms with Gasteiger partial charge in [0.15, 0.2) is 0 Å². The Balaban J connectivity index is 0.00000400. The summed E-state index contributed by atoms with van der Waals surface area (Å²) in [5.41, 5.74) is 1.54. The SMILES string of the molecule is CCCN(CC(=O)O)CC(=O)Nc1ccc(C)c(Cl)c1.Cl. The van der Waals surface area contributed by atoms with Crippen molar-refractivity contribution in [2.45, 2.75) is 20.3 Å². The number of nitrogens with one attached hydrogen (secondary N) is 1. The summed E-state index contributed by atoms with van der Waals surface area (Å²) in [6.07, 6.45) is 0.789. The van der Waals surface area contributed by atoms with E-state index in [1.165, 1.54) is 0 Å². The van der Waals surface area contributed by atoms with E-state index in [4.69, 9.17) is 16.7 Å². The van der Waals surface area contributed by atoms with Crippen LogP contribution in [0.3, 0.4) is 0 Å². The first-order chi connectivity index (χ1) is 9.42. The Kier molecular flexibility index (Phi) is 9.01. The first kappa shape index (κ1) is 19.7. The summed E-state index contributed by atoms with van der Waals surface area (Å²) in [6.45, 7) is 4.28. The molecular formula is C14H20Cl2N2O3. The molecule has 1 aromatic carbocycles. The maximum atomic E-state index is 11.9. The molecule has 0 radical (unpaired) electrons. The van der Waals surface area contributed by atoms with Crippen LogP contribution in [0.15, 0.2) is 18.2 Å². The van der Waals surface area contributed by atoms with Gasteiger partial charge in [0, 0.05) is 10.7 Å². The number of carbonyl (C=O) groups is 2. The van der Waals surface area contributed by atoms with Gasteiger partial charge >= 0.3 is 5.97 Å². The molecule has 0 aliphatic carbocycles. The molecule has 0 aliphatic heterocycles. The Bertz CT molecular complexity index is 495. The van der Waals surface area contributed by atoms with Gasteiger partial charge in [0.05, 0.1) is 13.1 Å². The molecule has 2 N–H and O–H groups in total. The molecular weight excluding hydrogens is 315 g/mol.